The van der Waals surface area contributed by atoms with Gasteiger partial charge in [-0.3, -0.25) is 0 Å². The number of nitrogens with zero attached hydrogens (tertiary/aromatic N) is 2. The summed E-state index contributed by atoms with van der Waals surface area (Å²) in [4.78, 5) is 19.7. The zero-order valence-electron chi connectivity index (χ0n) is 8.91. The number of nitrogen functional groups attached to an aromatic ring is 1. The SMILES string of the molecule is COC(=O)c1ccnc(Sc2nccs2)c1N. The first-order chi connectivity index (χ1) is 8.22. The van der Waals surface area contributed by atoms with Gasteiger partial charge < -0.3 is 10.5 Å². The van der Waals surface area contributed by atoms with E-state index in [1.54, 1.807) is 6.20 Å². The van der Waals surface area contributed by atoms with Gasteiger partial charge in [-0.15, -0.1) is 11.3 Å². The number of methoxy groups -OCH3 is 1. The van der Waals surface area contributed by atoms with Crippen LogP contribution >= 0.6 is 23.1 Å². The van der Waals surface area contributed by atoms with Crippen molar-refractivity contribution in [2.75, 3.05) is 12.8 Å². The number of ether oxygens (including phenoxy) is 1. The van der Waals surface area contributed by atoms with Crippen LogP contribution in [0.5, 0.6) is 0 Å². The summed E-state index contributed by atoms with van der Waals surface area (Å²) in [6, 6.07) is 1.53. The van der Waals surface area contributed by atoms with E-state index in [0.717, 1.165) is 4.34 Å². The first kappa shape index (κ1) is 11.9. The van der Waals surface area contributed by atoms with Gasteiger partial charge in [0.15, 0.2) is 4.34 Å². The average Bonchev–Trinajstić information content (AvgIpc) is 2.84. The van der Waals surface area contributed by atoms with Crippen LogP contribution in [0.25, 0.3) is 0 Å². The van der Waals surface area contributed by atoms with Gasteiger partial charge in [-0.25, -0.2) is 14.8 Å². The second-order valence-corrected chi connectivity index (χ2v) is 5.10. The van der Waals surface area contributed by atoms with Gasteiger partial charge in [-0.05, 0) is 17.8 Å². The van der Waals surface area contributed by atoms with E-state index in [0.29, 0.717) is 16.3 Å². The van der Waals surface area contributed by atoms with Crippen molar-refractivity contribution in [1.82, 2.24) is 9.97 Å². The van der Waals surface area contributed by atoms with Crippen LogP contribution in [0.1, 0.15) is 10.4 Å². The Kier molecular flexibility index (Phi) is 3.60. The highest BCUT2D eigenvalue weighted by Gasteiger charge is 2.15. The molecule has 2 aromatic rings. The molecule has 2 heterocycles. The molecule has 0 aliphatic carbocycles. The minimum Gasteiger partial charge on any atom is -0.465 e. The molecule has 0 aromatic carbocycles. The number of rotatable bonds is 3. The van der Waals surface area contributed by atoms with Gasteiger partial charge in [0, 0.05) is 17.8 Å². The summed E-state index contributed by atoms with van der Waals surface area (Å²) in [5, 5.41) is 2.42. The molecule has 0 spiro atoms. The zero-order chi connectivity index (χ0) is 12.3. The van der Waals surface area contributed by atoms with Crippen LogP contribution in [0.4, 0.5) is 5.69 Å². The first-order valence-electron chi connectivity index (χ1n) is 4.62. The summed E-state index contributed by atoms with van der Waals surface area (Å²) in [5.74, 6) is -0.467. The fourth-order valence-electron chi connectivity index (χ4n) is 1.17. The second kappa shape index (κ2) is 5.15. The number of anilines is 1. The Labute approximate surface area is 106 Å². The molecule has 0 saturated carbocycles. The summed E-state index contributed by atoms with van der Waals surface area (Å²) in [7, 11) is 1.32. The third-order valence-electron chi connectivity index (χ3n) is 1.95. The normalized spacial score (nSPS) is 10.2. The third kappa shape index (κ3) is 2.56. The number of hydrogen-bond acceptors (Lipinski definition) is 7. The van der Waals surface area contributed by atoms with Gasteiger partial charge in [-0.1, -0.05) is 0 Å². The number of nitrogens with two attached hydrogens (primary N) is 1. The highest BCUT2D eigenvalue weighted by atomic mass is 32.2. The largest absolute Gasteiger partial charge is 0.465 e. The molecule has 0 amide bonds. The van der Waals surface area contributed by atoms with E-state index in [1.165, 1.54) is 42.5 Å². The van der Waals surface area contributed by atoms with Crippen LogP contribution in [-0.4, -0.2) is 23.0 Å². The van der Waals surface area contributed by atoms with E-state index >= 15 is 0 Å². The van der Waals surface area contributed by atoms with Gasteiger partial charge in [0.1, 0.15) is 5.03 Å². The van der Waals surface area contributed by atoms with Crippen molar-refractivity contribution < 1.29 is 9.53 Å². The molecule has 2 aromatic heterocycles. The van der Waals surface area contributed by atoms with Gasteiger partial charge >= 0.3 is 5.97 Å². The van der Waals surface area contributed by atoms with Crippen LogP contribution in [0.3, 0.4) is 0 Å². The van der Waals surface area contributed by atoms with Crippen LogP contribution in [0, 0.1) is 0 Å². The number of thiazole rings is 1. The lowest BCUT2D eigenvalue weighted by Crippen LogP contribution is -2.07. The molecule has 0 atom stereocenters. The van der Waals surface area contributed by atoms with Gasteiger partial charge in [0.25, 0.3) is 0 Å². The highest BCUT2D eigenvalue weighted by molar-refractivity contribution is 8.01. The maximum atomic E-state index is 11.4. The van der Waals surface area contributed by atoms with Gasteiger partial charge in [0.2, 0.25) is 0 Å². The molecule has 5 nitrogen and oxygen atoms in total. The van der Waals surface area contributed by atoms with E-state index in [1.807, 2.05) is 5.38 Å². The fourth-order valence-corrected chi connectivity index (χ4v) is 2.73. The van der Waals surface area contributed by atoms with Crippen molar-refractivity contribution in [3.05, 3.63) is 29.4 Å². The van der Waals surface area contributed by atoms with Crippen molar-refractivity contribution in [3.8, 4) is 0 Å². The van der Waals surface area contributed by atoms with Crippen molar-refractivity contribution in [2.24, 2.45) is 0 Å². The Morgan fingerprint density at radius 2 is 2.29 bits per heavy atom. The van der Waals surface area contributed by atoms with E-state index in [9.17, 15) is 4.79 Å². The lowest BCUT2D eigenvalue weighted by atomic mass is 10.2. The summed E-state index contributed by atoms with van der Waals surface area (Å²) in [5.41, 5.74) is 6.51. The van der Waals surface area contributed by atoms with Crippen LogP contribution in [0.2, 0.25) is 0 Å². The monoisotopic (exact) mass is 267 g/mol. The summed E-state index contributed by atoms with van der Waals surface area (Å²) >= 11 is 2.81. The number of carbonyl (C=O) groups is 1. The van der Waals surface area contributed by atoms with Crippen LogP contribution in [-0.2, 0) is 4.74 Å². The molecule has 0 aliphatic heterocycles. The summed E-state index contributed by atoms with van der Waals surface area (Å²) in [6.45, 7) is 0. The van der Waals surface area contributed by atoms with Crippen molar-refractivity contribution in [2.45, 2.75) is 9.37 Å². The van der Waals surface area contributed by atoms with Crippen molar-refractivity contribution in [3.63, 3.8) is 0 Å². The maximum absolute atomic E-state index is 11.4. The van der Waals surface area contributed by atoms with E-state index < -0.39 is 5.97 Å². The van der Waals surface area contributed by atoms with Crippen LogP contribution < -0.4 is 5.73 Å². The molecular weight excluding hydrogens is 258 g/mol. The third-order valence-corrected chi connectivity index (χ3v) is 3.85. The highest BCUT2D eigenvalue weighted by Crippen LogP contribution is 2.32. The quantitative estimate of drug-likeness (QED) is 0.858. The van der Waals surface area contributed by atoms with Crippen LogP contribution in [0.15, 0.2) is 33.2 Å². The lowest BCUT2D eigenvalue weighted by Gasteiger charge is -2.06. The molecule has 0 aliphatic rings. The average molecular weight is 267 g/mol. The number of esters is 1. The molecule has 2 N–H and O–H groups in total. The molecule has 0 bridgehead atoms. The maximum Gasteiger partial charge on any atom is 0.340 e. The van der Waals surface area contributed by atoms with E-state index in [4.69, 9.17) is 5.73 Å². The number of carbonyl (C=O) groups excluding carboxylic acids is 1. The fraction of sp³-hybridized carbons (Fsp3) is 0.100. The molecular formula is C10H9N3O2S2. The van der Waals surface area contributed by atoms with Crippen molar-refractivity contribution in [1.29, 1.82) is 0 Å². The summed E-state index contributed by atoms with van der Waals surface area (Å²) in [6.07, 6.45) is 3.23. The first-order valence-corrected chi connectivity index (χ1v) is 6.32. The molecule has 0 saturated heterocycles. The topological polar surface area (TPSA) is 78.1 Å². The zero-order valence-corrected chi connectivity index (χ0v) is 10.5. The molecule has 0 radical (unpaired) electrons. The molecule has 2 rings (SSSR count). The second-order valence-electron chi connectivity index (χ2n) is 2.97. The minimum absolute atomic E-state index is 0.319. The smallest absolute Gasteiger partial charge is 0.340 e. The predicted molar refractivity (Wildman–Crippen MR) is 66.2 cm³/mol. The predicted octanol–water partition coefficient (Wildman–Crippen LogP) is 2.06. The van der Waals surface area contributed by atoms with Crippen molar-refractivity contribution >= 4 is 34.8 Å². The Morgan fingerprint density at radius 3 is 2.94 bits per heavy atom. The lowest BCUT2D eigenvalue weighted by molar-refractivity contribution is 0.0601. The minimum atomic E-state index is -0.467. The number of aromatic nitrogens is 2. The molecule has 0 unspecified atom stereocenters. The Hall–Kier alpha value is -1.60. The standard InChI is InChI=1S/C10H9N3O2S2/c1-15-9(14)6-2-3-12-8(7(6)11)17-10-13-4-5-16-10/h2-5H,11H2,1H3. The van der Waals surface area contributed by atoms with Gasteiger partial charge in [-0.2, -0.15) is 0 Å². The molecule has 0 fully saturated rings. The molecule has 7 heteroatoms. The molecule has 88 valence electrons. The molecule has 17 heavy (non-hydrogen) atoms. The number of pyridine rings is 1. The Bertz CT molecular complexity index is 528. The van der Waals surface area contributed by atoms with E-state index in [2.05, 4.69) is 14.7 Å². The van der Waals surface area contributed by atoms with Gasteiger partial charge in [0.05, 0.1) is 18.4 Å². The number of hydrogen-bond donors (Lipinski definition) is 1. The Balaban J connectivity index is 2.32. The summed E-state index contributed by atoms with van der Waals surface area (Å²) < 4.78 is 5.46. The van der Waals surface area contributed by atoms with E-state index in [-0.39, 0.29) is 0 Å². The Morgan fingerprint density at radius 1 is 1.47 bits per heavy atom.